The number of likely N-dealkylation sites (tertiary alicyclic amines) is 1. The van der Waals surface area contributed by atoms with Crippen LogP contribution in [0.15, 0.2) is 17.5 Å². The molecule has 8 heteroatoms. The van der Waals surface area contributed by atoms with E-state index in [1.807, 2.05) is 11.3 Å². The van der Waals surface area contributed by atoms with Crippen LogP contribution >= 0.6 is 22.7 Å². The van der Waals surface area contributed by atoms with E-state index in [-0.39, 0.29) is 24.9 Å². The fourth-order valence-electron chi connectivity index (χ4n) is 3.90. The Balaban J connectivity index is 1.38. The fourth-order valence-corrected chi connectivity index (χ4v) is 6.17. The second kappa shape index (κ2) is 6.57. The van der Waals surface area contributed by atoms with Crippen LogP contribution in [0.2, 0.25) is 0 Å². The van der Waals surface area contributed by atoms with Gasteiger partial charge in [0.25, 0.3) is 0 Å². The van der Waals surface area contributed by atoms with Gasteiger partial charge < -0.3 is 10.4 Å². The van der Waals surface area contributed by atoms with Gasteiger partial charge in [-0.3, -0.25) is 9.69 Å². The molecule has 0 bridgehead atoms. The molecule has 1 saturated carbocycles. The van der Waals surface area contributed by atoms with E-state index in [0.29, 0.717) is 5.92 Å². The molecule has 134 valence electrons. The quantitative estimate of drug-likeness (QED) is 0.848. The van der Waals surface area contributed by atoms with E-state index in [9.17, 15) is 14.0 Å². The topological polar surface area (TPSA) is 69.6 Å². The summed E-state index contributed by atoms with van der Waals surface area (Å²) in [4.78, 5) is 25.9. The number of thiophene rings is 2. The number of halogens is 1. The van der Waals surface area contributed by atoms with Crippen molar-refractivity contribution in [3.05, 3.63) is 22.4 Å². The molecule has 1 aliphatic heterocycles. The first-order valence-corrected chi connectivity index (χ1v) is 10.1. The lowest BCUT2D eigenvalue weighted by atomic mass is 10.1. The van der Waals surface area contributed by atoms with Crippen molar-refractivity contribution in [1.82, 2.24) is 10.2 Å². The summed E-state index contributed by atoms with van der Waals surface area (Å²) in [6, 6.07) is 3.51. The van der Waals surface area contributed by atoms with Gasteiger partial charge in [-0.1, -0.05) is 0 Å². The normalized spacial score (nSPS) is 29.4. The van der Waals surface area contributed by atoms with Gasteiger partial charge in [0, 0.05) is 26.7 Å². The standard InChI is InChI=1S/C17H19FN2O3S2/c18-10-6-12(20(8-10)17(22)23)16(21)19-11-2-1-9(5-11)14-7-15-13(25-14)3-4-24-15/h3-4,7,9-12H,1-2,5-6,8H2,(H,19,21)(H,22,23). The number of carbonyl (C=O) groups excluding carboxylic acids is 1. The Bertz CT molecular complexity index is 776. The zero-order chi connectivity index (χ0) is 17.6. The van der Waals surface area contributed by atoms with Crippen LogP contribution in [0.5, 0.6) is 0 Å². The predicted octanol–water partition coefficient (Wildman–Crippen LogP) is 3.81. The smallest absolute Gasteiger partial charge is 0.408 e. The second-order valence-electron chi connectivity index (χ2n) is 6.80. The molecule has 0 spiro atoms. The summed E-state index contributed by atoms with van der Waals surface area (Å²) in [6.45, 7) is -0.216. The molecular weight excluding hydrogens is 363 g/mol. The van der Waals surface area contributed by atoms with Gasteiger partial charge in [0.05, 0.1) is 6.54 Å². The van der Waals surface area contributed by atoms with E-state index < -0.39 is 18.3 Å². The molecule has 4 atom stereocenters. The fraction of sp³-hybridized carbons (Fsp3) is 0.529. The van der Waals surface area contributed by atoms with Crippen LogP contribution in [0.4, 0.5) is 9.18 Å². The molecule has 3 heterocycles. The third kappa shape index (κ3) is 3.25. The summed E-state index contributed by atoms with van der Waals surface area (Å²) in [6.07, 6.45) is 0.206. The first-order valence-electron chi connectivity index (χ1n) is 8.42. The number of nitrogens with one attached hydrogen (secondary N) is 1. The molecule has 25 heavy (non-hydrogen) atoms. The van der Waals surface area contributed by atoms with Gasteiger partial charge in [0.15, 0.2) is 0 Å². The molecule has 1 saturated heterocycles. The molecule has 2 aliphatic rings. The van der Waals surface area contributed by atoms with Gasteiger partial charge in [0.2, 0.25) is 5.91 Å². The molecule has 2 amide bonds. The van der Waals surface area contributed by atoms with Crippen molar-refractivity contribution in [3.63, 3.8) is 0 Å². The third-order valence-electron chi connectivity index (χ3n) is 5.14. The minimum absolute atomic E-state index is 0.0342. The number of carbonyl (C=O) groups is 2. The van der Waals surface area contributed by atoms with E-state index in [2.05, 4.69) is 22.8 Å². The number of rotatable bonds is 3. The number of fused-ring (bicyclic) bond motifs is 1. The van der Waals surface area contributed by atoms with Gasteiger partial charge in [-0.25, -0.2) is 9.18 Å². The zero-order valence-corrected chi connectivity index (χ0v) is 15.1. The molecule has 2 N–H and O–H groups in total. The van der Waals surface area contributed by atoms with Crippen molar-refractivity contribution < 1.29 is 19.1 Å². The molecule has 0 aromatic carbocycles. The highest BCUT2D eigenvalue weighted by Gasteiger charge is 2.41. The molecule has 4 rings (SSSR count). The van der Waals surface area contributed by atoms with E-state index in [1.165, 1.54) is 14.3 Å². The van der Waals surface area contributed by atoms with Gasteiger partial charge in [-0.2, -0.15) is 0 Å². The van der Waals surface area contributed by atoms with Gasteiger partial charge >= 0.3 is 6.09 Å². The Labute approximate surface area is 152 Å². The lowest BCUT2D eigenvalue weighted by Crippen LogP contribution is -2.48. The average Bonchev–Trinajstić information content (AvgIpc) is 3.27. The van der Waals surface area contributed by atoms with Gasteiger partial charge in [-0.05, 0) is 42.7 Å². The number of alkyl halides is 1. The maximum atomic E-state index is 13.5. The van der Waals surface area contributed by atoms with Gasteiger partial charge in [-0.15, -0.1) is 22.7 Å². The molecule has 4 unspecified atom stereocenters. The Hall–Kier alpha value is -1.67. The van der Waals surface area contributed by atoms with Crippen LogP contribution in [-0.2, 0) is 4.79 Å². The monoisotopic (exact) mass is 382 g/mol. The number of nitrogens with zero attached hydrogens (tertiary/aromatic N) is 1. The second-order valence-corrected chi connectivity index (χ2v) is 8.86. The van der Waals surface area contributed by atoms with Crippen LogP contribution < -0.4 is 5.32 Å². The van der Waals surface area contributed by atoms with Crippen molar-refractivity contribution in [2.45, 2.75) is 49.9 Å². The lowest BCUT2D eigenvalue weighted by Gasteiger charge is -2.22. The van der Waals surface area contributed by atoms with E-state index >= 15 is 0 Å². The number of hydrogen-bond donors (Lipinski definition) is 2. The SMILES string of the molecule is O=C(NC1CCC(c2cc3sccc3s2)C1)C1CC(F)CN1C(=O)O. The third-order valence-corrected chi connectivity index (χ3v) is 7.39. The summed E-state index contributed by atoms with van der Waals surface area (Å²) in [5.74, 6) is 0.0725. The Morgan fingerprint density at radius 2 is 2.12 bits per heavy atom. The molecule has 1 aliphatic carbocycles. The largest absolute Gasteiger partial charge is 0.465 e. The zero-order valence-electron chi connectivity index (χ0n) is 13.5. The van der Waals surface area contributed by atoms with Crippen molar-refractivity contribution in [1.29, 1.82) is 0 Å². The minimum Gasteiger partial charge on any atom is -0.465 e. The maximum absolute atomic E-state index is 13.5. The van der Waals surface area contributed by atoms with Crippen LogP contribution in [-0.4, -0.2) is 46.8 Å². The maximum Gasteiger partial charge on any atom is 0.408 e. The van der Waals surface area contributed by atoms with Gasteiger partial charge in [0.1, 0.15) is 12.2 Å². The summed E-state index contributed by atoms with van der Waals surface area (Å²) in [5, 5.41) is 14.2. The van der Waals surface area contributed by atoms with Crippen molar-refractivity contribution >= 4 is 44.1 Å². The van der Waals surface area contributed by atoms with Crippen LogP contribution in [0.25, 0.3) is 9.40 Å². The molecule has 2 fully saturated rings. The van der Waals surface area contributed by atoms with Crippen LogP contribution in [0.1, 0.15) is 36.5 Å². The first kappa shape index (κ1) is 16.8. The first-order chi connectivity index (χ1) is 12.0. The van der Waals surface area contributed by atoms with Crippen molar-refractivity contribution in [2.75, 3.05) is 6.54 Å². The Morgan fingerprint density at radius 3 is 2.88 bits per heavy atom. The molecule has 0 radical (unpaired) electrons. The predicted molar refractivity (Wildman–Crippen MR) is 96.3 cm³/mol. The molecule has 5 nitrogen and oxygen atoms in total. The number of hydrogen-bond acceptors (Lipinski definition) is 4. The summed E-state index contributed by atoms with van der Waals surface area (Å²) >= 11 is 3.56. The average molecular weight is 382 g/mol. The van der Waals surface area contributed by atoms with E-state index in [1.54, 1.807) is 11.3 Å². The Morgan fingerprint density at radius 1 is 1.28 bits per heavy atom. The minimum atomic E-state index is -1.26. The highest BCUT2D eigenvalue weighted by molar-refractivity contribution is 7.26. The lowest BCUT2D eigenvalue weighted by molar-refractivity contribution is -0.125. The molecule has 2 aromatic heterocycles. The number of carboxylic acid groups (broad SMARTS) is 1. The van der Waals surface area contributed by atoms with Crippen molar-refractivity contribution in [3.8, 4) is 0 Å². The molecule has 2 aromatic rings. The van der Waals surface area contributed by atoms with Crippen molar-refractivity contribution in [2.24, 2.45) is 0 Å². The van der Waals surface area contributed by atoms with E-state index in [4.69, 9.17) is 5.11 Å². The highest BCUT2D eigenvalue weighted by atomic mass is 32.1. The summed E-state index contributed by atoms with van der Waals surface area (Å²) in [5.41, 5.74) is 0. The highest BCUT2D eigenvalue weighted by Crippen LogP contribution is 2.41. The number of amides is 2. The van der Waals surface area contributed by atoms with Crippen LogP contribution in [0.3, 0.4) is 0 Å². The Kier molecular flexibility index (Phi) is 4.41. The summed E-state index contributed by atoms with van der Waals surface area (Å²) < 4.78 is 16.1. The summed E-state index contributed by atoms with van der Waals surface area (Å²) in [7, 11) is 0. The van der Waals surface area contributed by atoms with E-state index in [0.717, 1.165) is 24.2 Å². The van der Waals surface area contributed by atoms with Crippen LogP contribution in [0, 0.1) is 0 Å². The molecular formula is C17H19FN2O3S2.